The lowest BCUT2D eigenvalue weighted by atomic mass is 10.0. The molecular formula is C21H26F4N2O4. The molecule has 0 spiro atoms. The lowest BCUT2D eigenvalue weighted by molar-refractivity contribution is -0.138. The zero-order valence-corrected chi connectivity index (χ0v) is 16.9. The summed E-state index contributed by atoms with van der Waals surface area (Å²) in [6.07, 6.45) is 1.89. The molecule has 1 heterocycles. The standard InChI is InChI=1S/C17H22F4N2.C4H4O4/c18-13-5-6-16(17(19,20)21)12(9-13)11-23(14-3-1-2-4-14)15-7-8-22-10-15;5-3(6)1-2-4(7)8/h5-6,9,14-15,22H,1-4,7-8,10-11H2;1-2H,(H,5,6)(H,7,8)/b;2-1+/t15-;/m0./s1. The molecule has 3 rings (SSSR count). The number of rotatable bonds is 6. The van der Waals surface area contributed by atoms with Crippen molar-refractivity contribution in [3.8, 4) is 0 Å². The molecular weight excluding hydrogens is 420 g/mol. The lowest BCUT2D eigenvalue weighted by Gasteiger charge is -2.34. The third kappa shape index (κ3) is 7.95. The highest BCUT2D eigenvalue weighted by molar-refractivity contribution is 5.89. The molecule has 172 valence electrons. The summed E-state index contributed by atoms with van der Waals surface area (Å²) < 4.78 is 53.2. The van der Waals surface area contributed by atoms with Gasteiger partial charge in [0.1, 0.15) is 5.82 Å². The SMILES string of the molecule is Fc1ccc(C(F)(F)F)c(CN(C2CCCC2)[C@H]2CCNC2)c1.O=C(O)/C=C/C(=O)O. The fourth-order valence-corrected chi connectivity index (χ4v) is 4.02. The maximum absolute atomic E-state index is 13.5. The molecule has 0 radical (unpaired) electrons. The number of alkyl halides is 3. The van der Waals surface area contributed by atoms with Crippen LogP contribution in [0.1, 0.15) is 43.2 Å². The van der Waals surface area contributed by atoms with Crippen LogP contribution >= 0.6 is 0 Å². The Kier molecular flexibility index (Phi) is 9.00. The quantitative estimate of drug-likeness (QED) is 0.457. The number of carbonyl (C=O) groups is 2. The summed E-state index contributed by atoms with van der Waals surface area (Å²) in [5.41, 5.74) is -0.663. The lowest BCUT2D eigenvalue weighted by Crippen LogP contribution is -2.43. The van der Waals surface area contributed by atoms with Gasteiger partial charge in [0.25, 0.3) is 0 Å². The third-order valence-electron chi connectivity index (χ3n) is 5.39. The van der Waals surface area contributed by atoms with Crippen molar-refractivity contribution in [2.75, 3.05) is 13.1 Å². The first-order valence-corrected chi connectivity index (χ1v) is 10.0. The molecule has 0 aromatic heterocycles. The van der Waals surface area contributed by atoms with E-state index >= 15 is 0 Å². The minimum Gasteiger partial charge on any atom is -0.478 e. The molecule has 1 aliphatic heterocycles. The van der Waals surface area contributed by atoms with Crippen LogP contribution in [0.5, 0.6) is 0 Å². The van der Waals surface area contributed by atoms with Gasteiger partial charge in [0.15, 0.2) is 0 Å². The molecule has 2 fully saturated rings. The van der Waals surface area contributed by atoms with Gasteiger partial charge in [0, 0.05) is 37.3 Å². The number of halogens is 4. The van der Waals surface area contributed by atoms with Crippen molar-refractivity contribution < 1.29 is 37.4 Å². The Morgan fingerprint density at radius 1 is 1.06 bits per heavy atom. The number of hydrogen-bond acceptors (Lipinski definition) is 4. The third-order valence-corrected chi connectivity index (χ3v) is 5.39. The summed E-state index contributed by atoms with van der Waals surface area (Å²) in [5.74, 6) is -3.12. The van der Waals surface area contributed by atoms with Gasteiger partial charge in [0.2, 0.25) is 0 Å². The Labute approximate surface area is 177 Å². The first-order chi connectivity index (χ1) is 14.6. The summed E-state index contributed by atoms with van der Waals surface area (Å²) in [5, 5.41) is 18.9. The van der Waals surface area contributed by atoms with Gasteiger partial charge in [-0.1, -0.05) is 12.8 Å². The number of hydrogen-bond donors (Lipinski definition) is 3. The molecule has 0 bridgehead atoms. The van der Waals surface area contributed by atoms with E-state index in [-0.39, 0.29) is 18.2 Å². The van der Waals surface area contributed by atoms with E-state index in [9.17, 15) is 27.2 Å². The molecule has 6 nitrogen and oxygen atoms in total. The summed E-state index contributed by atoms with van der Waals surface area (Å²) in [6, 6.07) is 3.35. The number of nitrogens with one attached hydrogen (secondary N) is 1. The first-order valence-electron chi connectivity index (χ1n) is 10.0. The maximum Gasteiger partial charge on any atom is 0.416 e. The smallest absolute Gasteiger partial charge is 0.416 e. The molecule has 1 saturated carbocycles. The van der Waals surface area contributed by atoms with Crippen LogP contribution < -0.4 is 5.32 Å². The van der Waals surface area contributed by atoms with Gasteiger partial charge < -0.3 is 15.5 Å². The first kappa shape index (κ1) is 24.8. The number of aliphatic carboxylic acids is 2. The second-order valence-corrected chi connectivity index (χ2v) is 7.57. The normalized spacial score (nSPS) is 19.6. The molecule has 1 saturated heterocycles. The van der Waals surface area contributed by atoms with Gasteiger partial charge in [-0.15, -0.1) is 0 Å². The van der Waals surface area contributed by atoms with Gasteiger partial charge in [-0.3, -0.25) is 4.90 Å². The number of nitrogens with zero attached hydrogens (tertiary/aromatic N) is 1. The van der Waals surface area contributed by atoms with Crippen molar-refractivity contribution in [2.24, 2.45) is 0 Å². The molecule has 2 aliphatic rings. The van der Waals surface area contributed by atoms with E-state index < -0.39 is 29.5 Å². The van der Waals surface area contributed by atoms with Gasteiger partial charge in [-0.05, 0) is 49.6 Å². The molecule has 1 aromatic carbocycles. The summed E-state index contributed by atoms with van der Waals surface area (Å²) in [6.45, 7) is 1.86. The van der Waals surface area contributed by atoms with Crippen LogP contribution in [-0.2, 0) is 22.3 Å². The van der Waals surface area contributed by atoms with Crippen LogP contribution in [0.2, 0.25) is 0 Å². The van der Waals surface area contributed by atoms with Crippen LogP contribution in [0, 0.1) is 5.82 Å². The topological polar surface area (TPSA) is 89.9 Å². The summed E-state index contributed by atoms with van der Waals surface area (Å²) in [4.78, 5) is 21.3. The monoisotopic (exact) mass is 446 g/mol. The van der Waals surface area contributed by atoms with E-state index in [4.69, 9.17) is 10.2 Å². The Morgan fingerprint density at radius 3 is 2.16 bits per heavy atom. The molecule has 1 aliphatic carbocycles. The van der Waals surface area contributed by atoms with Gasteiger partial charge in [0.05, 0.1) is 5.56 Å². The highest BCUT2D eigenvalue weighted by atomic mass is 19.4. The number of carboxylic acids is 2. The Morgan fingerprint density at radius 2 is 1.68 bits per heavy atom. The van der Waals surface area contributed by atoms with Crippen molar-refractivity contribution in [3.05, 3.63) is 47.3 Å². The molecule has 3 N–H and O–H groups in total. The second kappa shape index (κ2) is 11.2. The summed E-state index contributed by atoms with van der Waals surface area (Å²) >= 11 is 0. The van der Waals surface area contributed by atoms with E-state index in [0.29, 0.717) is 18.2 Å². The van der Waals surface area contributed by atoms with E-state index in [0.717, 1.165) is 63.4 Å². The Bertz CT molecular complexity index is 754. The Hall–Kier alpha value is -2.46. The molecule has 1 atom stereocenters. The van der Waals surface area contributed by atoms with Gasteiger partial charge in [-0.25, -0.2) is 14.0 Å². The Balaban J connectivity index is 0.000000366. The zero-order valence-electron chi connectivity index (χ0n) is 16.9. The molecule has 1 aromatic rings. The minimum atomic E-state index is -4.45. The highest BCUT2D eigenvalue weighted by Gasteiger charge is 2.36. The number of benzene rings is 1. The van der Waals surface area contributed by atoms with E-state index in [1.165, 1.54) is 0 Å². The van der Waals surface area contributed by atoms with Crippen LogP contribution in [0.4, 0.5) is 17.6 Å². The van der Waals surface area contributed by atoms with Gasteiger partial charge >= 0.3 is 18.1 Å². The van der Waals surface area contributed by atoms with E-state index in [1.807, 2.05) is 0 Å². The van der Waals surface area contributed by atoms with Crippen molar-refractivity contribution in [1.82, 2.24) is 10.2 Å². The van der Waals surface area contributed by atoms with Crippen molar-refractivity contribution >= 4 is 11.9 Å². The van der Waals surface area contributed by atoms with Crippen molar-refractivity contribution in [2.45, 2.75) is 56.9 Å². The fourth-order valence-electron chi connectivity index (χ4n) is 4.02. The summed E-state index contributed by atoms with van der Waals surface area (Å²) in [7, 11) is 0. The van der Waals surface area contributed by atoms with Crippen LogP contribution in [-0.4, -0.2) is 52.2 Å². The van der Waals surface area contributed by atoms with Crippen molar-refractivity contribution in [1.29, 1.82) is 0 Å². The van der Waals surface area contributed by atoms with Crippen LogP contribution in [0.3, 0.4) is 0 Å². The molecule has 31 heavy (non-hydrogen) atoms. The van der Waals surface area contributed by atoms with Crippen molar-refractivity contribution in [3.63, 3.8) is 0 Å². The predicted octanol–water partition coefficient (Wildman–Crippen LogP) is 3.66. The van der Waals surface area contributed by atoms with Gasteiger partial charge in [-0.2, -0.15) is 13.2 Å². The van der Waals surface area contributed by atoms with E-state index in [1.54, 1.807) is 0 Å². The largest absolute Gasteiger partial charge is 0.478 e. The maximum atomic E-state index is 13.5. The van der Waals surface area contributed by atoms with Crippen LogP contribution in [0.25, 0.3) is 0 Å². The highest BCUT2D eigenvalue weighted by Crippen LogP contribution is 2.35. The number of carboxylic acid groups (broad SMARTS) is 2. The molecule has 0 amide bonds. The fraction of sp³-hybridized carbons (Fsp3) is 0.524. The van der Waals surface area contributed by atoms with E-state index in [2.05, 4.69) is 10.2 Å². The zero-order chi connectivity index (χ0) is 23.0. The average Bonchev–Trinajstić information content (AvgIpc) is 3.38. The average molecular weight is 446 g/mol. The second-order valence-electron chi connectivity index (χ2n) is 7.57. The van der Waals surface area contributed by atoms with Crippen LogP contribution in [0.15, 0.2) is 30.4 Å². The molecule has 10 heteroatoms. The predicted molar refractivity (Wildman–Crippen MR) is 105 cm³/mol. The minimum absolute atomic E-state index is 0.0521. The molecule has 0 unspecified atom stereocenters.